The lowest BCUT2D eigenvalue weighted by Gasteiger charge is -2.05. The van der Waals surface area contributed by atoms with Gasteiger partial charge >= 0.3 is 0 Å². The summed E-state index contributed by atoms with van der Waals surface area (Å²) in [6, 6.07) is -0.412. The van der Waals surface area contributed by atoms with E-state index in [1.54, 1.807) is 0 Å². The molecule has 0 saturated heterocycles. The van der Waals surface area contributed by atoms with E-state index in [1.807, 2.05) is 0 Å². The fourth-order valence-corrected chi connectivity index (χ4v) is 0.787. The van der Waals surface area contributed by atoms with Crippen molar-refractivity contribution in [3.63, 3.8) is 0 Å². The third kappa shape index (κ3) is 1.31. The van der Waals surface area contributed by atoms with Gasteiger partial charge in [-0.3, -0.25) is 0 Å². The molecule has 0 bridgehead atoms. The number of nitrogen functional groups attached to an aromatic ring is 2. The summed E-state index contributed by atoms with van der Waals surface area (Å²) >= 11 is 0. The van der Waals surface area contributed by atoms with E-state index in [0.29, 0.717) is 12.2 Å². The monoisotopic (exact) mass is 166 g/mol. The summed E-state index contributed by atoms with van der Waals surface area (Å²) in [6.07, 6.45) is 5.42. The number of hydrogen-bond donors (Lipinski definition) is 3. The predicted octanol–water partition coefficient (Wildman–Crippen LogP) is -1.40. The van der Waals surface area contributed by atoms with Crippen molar-refractivity contribution in [3.05, 3.63) is 5.82 Å². The summed E-state index contributed by atoms with van der Waals surface area (Å²) in [5, 5.41) is 7.21. The van der Waals surface area contributed by atoms with Crippen LogP contribution in [0.2, 0.25) is 0 Å². The lowest BCUT2D eigenvalue weighted by molar-refractivity contribution is 0.664. The van der Waals surface area contributed by atoms with Gasteiger partial charge in [0.15, 0.2) is 5.82 Å². The van der Waals surface area contributed by atoms with E-state index < -0.39 is 6.04 Å². The molecule has 1 unspecified atom stereocenters. The molecular formula is C6H10N6. The molecule has 1 heterocycles. The van der Waals surface area contributed by atoms with Crippen LogP contribution in [0.15, 0.2) is 0 Å². The quantitative estimate of drug-likeness (QED) is 0.369. The Morgan fingerprint density at radius 1 is 1.58 bits per heavy atom. The maximum atomic E-state index is 5.62. The molecule has 0 saturated carbocycles. The fraction of sp³-hybridized carbons (Fsp3) is 0.333. The number of terminal acetylenes is 1. The Labute approximate surface area is 69.7 Å². The lowest BCUT2D eigenvalue weighted by atomic mass is 10.2. The molecule has 1 aromatic rings. The first-order valence-corrected chi connectivity index (χ1v) is 3.31. The average Bonchev–Trinajstić information content (AvgIpc) is 2.34. The summed E-state index contributed by atoms with van der Waals surface area (Å²) in [5.41, 5.74) is 11.0. The molecule has 0 amide bonds. The Kier molecular flexibility index (Phi) is 2.16. The van der Waals surface area contributed by atoms with Crippen LogP contribution in [0.25, 0.3) is 0 Å². The number of aromatic nitrogens is 3. The first-order valence-electron chi connectivity index (χ1n) is 3.31. The zero-order chi connectivity index (χ0) is 9.14. The molecule has 1 rings (SSSR count). The van der Waals surface area contributed by atoms with Crippen LogP contribution in [0.4, 0.5) is 5.95 Å². The van der Waals surface area contributed by atoms with Crippen molar-refractivity contribution in [2.75, 3.05) is 11.6 Å². The van der Waals surface area contributed by atoms with E-state index in [9.17, 15) is 0 Å². The summed E-state index contributed by atoms with van der Waals surface area (Å²) in [7, 11) is 0. The molecule has 0 radical (unpaired) electrons. The van der Waals surface area contributed by atoms with Gasteiger partial charge in [-0.05, 0) is 0 Å². The van der Waals surface area contributed by atoms with E-state index in [0.717, 1.165) is 4.68 Å². The number of hydrogen-bond acceptors (Lipinski definition) is 5. The van der Waals surface area contributed by atoms with Gasteiger partial charge in [0.1, 0.15) is 0 Å². The van der Waals surface area contributed by atoms with Crippen molar-refractivity contribution in [1.29, 1.82) is 0 Å². The van der Waals surface area contributed by atoms with Gasteiger partial charge < -0.3 is 17.3 Å². The van der Waals surface area contributed by atoms with Gasteiger partial charge in [0.05, 0.1) is 6.04 Å². The van der Waals surface area contributed by atoms with Gasteiger partial charge in [-0.2, -0.15) is 0 Å². The topological polar surface area (TPSA) is 109 Å². The van der Waals surface area contributed by atoms with Crippen LogP contribution in [0.5, 0.6) is 0 Å². The molecule has 12 heavy (non-hydrogen) atoms. The first-order chi connectivity index (χ1) is 5.66. The second kappa shape index (κ2) is 3.11. The van der Waals surface area contributed by atoms with Crippen LogP contribution in [-0.4, -0.2) is 14.9 Å². The molecule has 0 fully saturated rings. The highest BCUT2D eigenvalue weighted by atomic mass is 15.4. The maximum Gasteiger partial charge on any atom is 0.240 e. The van der Waals surface area contributed by atoms with Gasteiger partial charge in [-0.15, -0.1) is 22.5 Å². The highest BCUT2D eigenvalue weighted by Gasteiger charge is 2.13. The van der Waals surface area contributed by atoms with E-state index in [1.165, 1.54) is 0 Å². The van der Waals surface area contributed by atoms with E-state index in [4.69, 9.17) is 23.7 Å². The van der Waals surface area contributed by atoms with Gasteiger partial charge in [0.2, 0.25) is 5.95 Å². The van der Waals surface area contributed by atoms with Crippen molar-refractivity contribution < 1.29 is 0 Å². The van der Waals surface area contributed by atoms with Crippen molar-refractivity contribution in [1.82, 2.24) is 14.9 Å². The smallest absolute Gasteiger partial charge is 0.240 e. The molecule has 0 aliphatic heterocycles. The highest BCUT2D eigenvalue weighted by molar-refractivity contribution is 5.19. The minimum absolute atomic E-state index is 0.123. The van der Waals surface area contributed by atoms with E-state index >= 15 is 0 Å². The molecule has 6 N–H and O–H groups in total. The van der Waals surface area contributed by atoms with E-state index in [-0.39, 0.29) is 5.95 Å². The summed E-state index contributed by atoms with van der Waals surface area (Å²) in [5.74, 6) is 8.37. The number of rotatable bonds is 2. The molecule has 6 heteroatoms. The molecule has 1 atom stereocenters. The minimum Gasteiger partial charge on any atom is -0.366 e. The van der Waals surface area contributed by atoms with Crippen LogP contribution >= 0.6 is 0 Å². The summed E-state index contributed by atoms with van der Waals surface area (Å²) < 4.78 is 1.13. The molecular weight excluding hydrogens is 156 g/mol. The van der Waals surface area contributed by atoms with Crippen molar-refractivity contribution in [3.8, 4) is 12.3 Å². The molecule has 0 aliphatic carbocycles. The summed E-state index contributed by atoms with van der Waals surface area (Å²) in [6.45, 7) is 0. The predicted molar refractivity (Wildman–Crippen MR) is 45.0 cm³/mol. The SMILES string of the molecule is C#CCC(N)c1nnc(N)n1N. The molecule has 0 aliphatic rings. The van der Waals surface area contributed by atoms with Crippen LogP contribution in [-0.2, 0) is 0 Å². The van der Waals surface area contributed by atoms with E-state index in [2.05, 4.69) is 16.1 Å². The molecule has 1 aromatic heterocycles. The summed E-state index contributed by atoms with van der Waals surface area (Å²) in [4.78, 5) is 0. The second-order valence-electron chi connectivity index (χ2n) is 2.30. The van der Waals surface area contributed by atoms with Gasteiger partial charge in [-0.25, -0.2) is 4.68 Å². The standard InChI is InChI=1S/C6H10N6/c1-2-3-4(7)5-10-11-6(8)12(5)9/h1,4H,3,7,9H2,(H2,8,11). The van der Waals surface area contributed by atoms with Gasteiger partial charge in [0, 0.05) is 6.42 Å². The zero-order valence-corrected chi connectivity index (χ0v) is 6.44. The zero-order valence-electron chi connectivity index (χ0n) is 6.44. The van der Waals surface area contributed by atoms with Crippen molar-refractivity contribution in [2.24, 2.45) is 5.73 Å². The normalized spacial score (nSPS) is 12.3. The Morgan fingerprint density at radius 2 is 2.25 bits per heavy atom. The average molecular weight is 166 g/mol. The van der Waals surface area contributed by atoms with Crippen molar-refractivity contribution >= 4 is 5.95 Å². The van der Waals surface area contributed by atoms with Gasteiger partial charge in [-0.1, -0.05) is 0 Å². The molecule has 0 aromatic carbocycles. The Balaban J connectivity index is 2.89. The molecule has 64 valence electrons. The van der Waals surface area contributed by atoms with Gasteiger partial charge in [0.25, 0.3) is 0 Å². The fourth-order valence-electron chi connectivity index (χ4n) is 0.787. The maximum absolute atomic E-state index is 5.62. The van der Waals surface area contributed by atoms with Crippen LogP contribution in [0.1, 0.15) is 18.3 Å². The number of anilines is 1. The second-order valence-corrected chi connectivity index (χ2v) is 2.30. The Morgan fingerprint density at radius 3 is 2.67 bits per heavy atom. The molecule has 0 spiro atoms. The largest absolute Gasteiger partial charge is 0.366 e. The highest BCUT2D eigenvalue weighted by Crippen LogP contribution is 2.09. The van der Waals surface area contributed by atoms with Crippen molar-refractivity contribution in [2.45, 2.75) is 12.5 Å². The minimum atomic E-state index is -0.412. The van der Waals surface area contributed by atoms with Crippen LogP contribution in [0, 0.1) is 12.3 Å². The van der Waals surface area contributed by atoms with Crippen LogP contribution < -0.4 is 17.3 Å². The molecule has 6 nitrogen and oxygen atoms in total. The number of nitrogens with zero attached hydrogens (tertiary/aromatic N) is 3. The third-order valence-corrected chi connectivity index (χ3v) is 1.42. The Hall–Kier alpha value is -1.74. The third-order valence-electron chi connectivity index (χ3n) is 1.42. The lowest BCUT2D eigenvalue weighted by Crippen LogP contribution is -2.22. The number of nitrogens with two attached hydrogens (primary N) is 3. The van der Waals surface area contributed by atoms with Crippen LogP contribution in [0.3, 0.4) is 0 Å². The Bertz CT molecular complexity index is 308. The first kappa shape index (κ1) is 8.36.